The molecule has 0 saturated carbocycles. The normalized spacial score (nSPS) is 32.9. The van der Waals surface area contributed by atoms with E-state index in [1.165, 1.54) is 11.8 Å². The lowest BCUT2D eigenvalue weighted by molar-refractivity contribution is -0.141. The summed E-state index contributed by atoms with van der Waals surface area (Å²) in [5.41, 5.74) is 0. The lowest BCUT2D eigenvalue weighted by atomic mass is 10.0. The molecule has 1 unspecified atom stereocenters. The number of unbranched alkanes of at least 4 members (excludes halogenated alkanes) is 1. The van der Waals surface area contributed by atoms with Gasteiger partial charge in [0.25, 0.3) is 11.8 Å². The number of carbonyl (C=O) groups is 4. The van der Waals surface area contributed by atoms with Crippen LogP contribution in [-0.4, -0.2) is 67.5 Å². The Hall–Kier alpha value is -2.14. The Morgan fingerprint density at radius 3 is 2.68 bits per heavy atom. The molecule has 4 amide bonds. The van der Waals surface area contributed by atoms with Crippen LogP contribution in [0.1, 0.15) is 32.1 Å². The molecule has 0 aromatic heterocycles. The highest BCUT2D eigenvalue weighted by Crippen LogP contribution is 2.36. The summed E-state index contributed by atoms with van der Waals surface area (Å²) < 4.78 is 0. The number of carbonyl (C=O) groups excluding carboxylic acids is 3. The van der Waals surface area contributed by atoms with Crippen LogP contribution in [0.5, 0.6) is 0 Å². The molecular weight excluding hydrogens is 352 g/mol. The second kappa shape index (κ2) is 7.00. The molecule has 0 aromatic rings. The number of rotatable bonds is 6. The van der Waals surface area contributed by atoms with E-state index < -0.39 is 29.9 Å². The van der Waals surface area contributed by atoms with Gasteiger partial charge >= 0.3 is 12.0 Å². The first-order chi connectivity index (χ1) is 11.9. The molecule has 4 N–H and O–H groups in total. The predicted octanol–water partition coefficient (Wildman–Crippen LogP) is -0.770. The maximum absolute atomic E-state index is 11.8. The molecule has 11 heteroatoms. The van der Waals surface area contributed by atoms with Crippen molar-refractivity contribution in [3.05, 3.63) is 0 Å². The molecule has 0 radical (unpaired) electrons. The summed E-state index contributed by atoms with van der Waals surface area (Å²) in [5.74, 6) is -2.19. The monoisotopic (exact) mass is 370 g/mol. The minimum absolute atomic E-state index is 0.0331. The van der Waals surface area contributed by atoms with Gasteiger partial charge in [0.1, 0.15) is 17.2 Å². The van der Waals surface area contributed by atoms with E-state index in [9.17, 15) is 24.3 Å². The fourth-order valence-electron chi connectivity index (χ4n) is 3.08. The second-order valence-corrected chi connectivity index (χ2v) is 7.38. The summed E-state index contributed by atoms with van der Waals surface area (Å²) in [6.45, 7) is 0. The Bertz CT molecular complexity index is 653. The minimum Gasteiger partial charge on any atom is -0.481 e. The Labute approximate surface area is 147 Å². The van der Waals surface area contributed by atoms with Crippen molar-refractivity contribution >= 4 is 40.6 Å². The lowest BCUT2D eigenvalue weighted by Crippen LogP contribution is -2.39. The highest BCUT2D eigenvalue weighted by Gasteiger charge is 2.48. The van der Waals surface area contributed by atoms with Crippen LogP contribution in [0.3, 0.4) is 0 Å². The van der Waals surface area contributed by atoms with E-state index >= 15 is 0 Å². The molecule has 0 aliphatic carbocycles. The zero-order valence-corrected chi connectivity index (χ0v) is 14.0. The van der Waals surface area contributed by atoms with Gasteiger partial charge in [-0.1, -0.05) is 6.42 Å². The highest BCUT2D eigenvalue weighted by atomic mass is 32.2. The molecule has 0 bridgehead atoms. The van der Waals surface area contributed by atoms with Crippen molar-refractivity contribution in [1.82, 2.24) is 15.6 Å². The van der Waals surface area contributed by atoms with Crippen LogP contribution in [0.15, 0.2) is 5.10 Å². The van der Waals surface area contributed by atoms with Gasteiger partial charge in [0.15, 0.2) is 0 Å². The number of urea groups is 1. The number of thioether (sulfide) groups is 1. The number of aliphatic hydroxyl groups is 1. The van der Waals surface area contributed by atoms with E-state index in [2.05, 4.69) is 15.7 Å². The molecule has 0 spiro atoms. The highest BCUT2D eigenvalue weighted by molar-refractivity contribution is 8.15. The number of carboxylic acids is 1. The largest absolute Gasteiger partial charge is 0.481 e. The van der Waals surface area contributed by atoms with E-state index in [-0.39, 0.29) is 30.2 Å². The predicted molar refractivity (Wildman–Crippen MR) is 86.6 cm³/mol. The SMILES string of the molecule is O=C(O)CCCC[C@H]1S/C(=N\N2C(=O)CC(O)C2=O)[C@H]2NC(=O)N[C@H]21. The first-order valence-electron chi connectivity index (χ1n) is 7.95. The number of nitrogens with zero attached hydrogens (tertiary/aromatic N) is 2. The summed E-state index contributed by atoms with van der Waals surface area (Å²) in [6, 6.07) is -1.03. The van der Waals surface area contributed by atoms with Gasteiger partial charge < -0.3 is 20.8 Å². The zero-order chi connectivity index (χ0) is 18.1. The first kappa shape index (κ1) is 17.7. The number of aliphatic hydroxyl groups excluding tert-OH is 1. The molecule has 3 saturated heterocycles. The molecule has 10 nitrogen and oxygen atoms in total. The Morgan fingerprint density at radius 2 is 2.04 bits per heavy atom. The van der Waals surface area contributed by atoms with Crippen molar-refractivity contribution in [1.29, 1.82) is 0 Å². The standard InChI is InChI=1S/C14H18N4O6S/c19-6-5-8(20)18(13(6)23)17-12-11-10(15-14(24)16-11)7(25-12)3-1-2-4-9(21)22/h6-7,10-11,19H,1-5H2,(H,21,22)(H2,15,16,24)/b17-12-/t6?,7-,10+,11+/m1/s1. The van der Waals surface area contributed by atoms with Gasteiger partial charge in [-0.05, 0) is 12.8 Å². The first-order valence-corrected chi connectivity index (χ1v) is 8.83. The molecule has 0 aromatic carbocycles. The van der Waals surface area contributed by atoms with Crippen molar-refractivity contribution in [2.45, 2.75) is 55.5 Å². The third kappa shape index (κ3) is 3.61. The topological polar surface area (TPSA) is 148 Å². The van der Waals surface area contributed by atoms with Gasteiger partial charge in [0, 0.05) is 11.7 Å². The second-order valence-electron chi connectivity index (χ2n) is 6.12. The quantitative estimate of drug-likeness (QED) is 0.272. The van der Waals surface area contributed by atoms with Crippen molar-refractivity contribution in [2.75, 3.05) is 0 Å². The number of imide groups is 1. The number of aliphatic carboxylic acids is 1. The summed E-state index contributed by atoms with van der Waals surface area (Å²) in [6.07, 6.45) is 0.305. The molecule has 3 heterocycles. The van der Waals surface area contributed by atoms with Crippen molar-refractivity contribution in [3.63, 3.8) is 0 Å². The third-order valence-electron chi connectivity index (χ3n) is 4.31. The van der Waals surface area contributed by atoms with Crippen LogP contribution >= 0.6 is 11.8 Å². The molecule has 4 atom stereocenters. The minimum atomic E-state index is -1.37. The smallest absolute Gasteiger partial charge is 0.315 e. The lowest BCUT2D eigenvalue weighted by Gasteiger charge is -2.15. The van der Waals surface area contributed by atoms with Gasteiger partial charge in [0.05, 0.1) is 12.5 Å². The van der Waals surface area contributed by atoms with Crippen LogP contribution in [0.4, 0.5) is 4.79 Å². The van der Waals surface area contributed by atoms with Crippen LogP contribution < -0.4 is 10.6 Å². The average Bonchev–Trinajstić information content (AvgIpc) is 3.13. The fourth-order valence-corrected chi connectivity index (χ4v) is 4.53. The molecule has 25 heavy (non-hydrogen) atoms. The Balaban J connectivity index is 1.69. The maximum atomic E-state index is 11.8. The molecule has 3 aliphatic heterocycles. The number of hydrogen-bond acceptors (Lipinski definition) is 7. The van der Waals surface area contributed by atoms with Crippen molar-refractivity contribution < 1.29 is 29.4 Å². The van der Waals surface area contributed by atoms with Crippen molar-refractivity contribution in [2.24, 2.45) is 5.10 Å². The van der Waals surface area contributed by atoms with Gasteiger partial charge in [-0.15, -0.1) is 11.8 Å². The van der Waals surface area contributed by atoms with E-state index in [0.29, 0.717) is 29.3 Å². The molecule has 3 aliphatic rings. The summed E-state index contributed by atoms with van der Waals surface area (Å²) in [7, 11) is 0. The maximum Gasteiger partial charge on any atom is 0.315 e. The number of carboxylic acid groups (broad SMARTS) is 1. The number of hydrogen-bond donors (Lipinski definition) is 4. The zero-order valence-electron chi connectivity index (χ0n) is 13.2. The number of fused-ring (bicyclic) bond motifs is 1. The molecule has 3 rings (SSSR count). The van der Waals surface area contributed by atoms with Crippen LogP contribution in [0, 0.1) is 0 Å². The third-order valence-corrected chi connectivity index (χ3v) is 5.72. The number of amides is 4. The van der Waals surface area contributed by atoms with Crippen molar-refractivity contribution in [3.8, 4) is 0 Å². The molecule has 3 fully saturated rings. The van der Waals surface area contributed by atoms with Crippen LogP contribution in [0.25, 0.3) is 0 Å². The summed E-state index contributed by atoms with van der Waals surface area (Å²) in [4.78, 5) is 45.8. The Morgan fingerprint density at radius 1 is 1.28 bits per heavy atom. The summed E-state index contributed by atoms with van der Waals surface area (Å²) in [5, 5.41) is 28.8. The van der Waals surface area contributed by atoms with E-state index in [1.807, 2.05) is 0 Å². The average molecular weight is 370 g/mol. The van der Waals surface area contributed by atoms with E-state index in [1.54, 1.807) is 0 Å². The van der Waals surface area contributed by atoms with Gasteiger partial charge in [-0.3, -0.25) is 14.4 Å². The fraction of sp³-hybridized carbons (Fsp3) is 0.643. The van der Waals surface area contributed by atoms with Crippen LogP contribution in [-0.2, 0) is 14.4 Å². The van der Waals surface area contributed by atoms with Gasteiger partial charge in [-0.2, -0.15) is 10.1 Å². The Kier molecular flexibility index (Phi) is 4.95. The van der Waals surface area contributed by atoms with Gasteiger partial charge in [0.2, 0.25) is 0 Å². The van der Waals surface area contributed by atoms with Crippen LogP contribution in [0.2, 0.25) is 0 Å². The number of nitrogens with one attached hydrogen (secondary N) is 2. The molecular formula is C14H18N4O6S. The van der Waals surface area contributed by atoms with Gasteiger partial charge in [-0.25, -0.2) is 4.79 Å². The number of hydrazone groups is 1. The van der Waals surface area contributed by atoms with E-state index in [4.69, 9.17) is 5.11 Å². The summed E-state index contributed by atoms with van der Waals surface area (Å²) >= 11 is 1.35. The van der Waals surface area contributed by atoms with E-state index in [0.717, 1.165) is 0 Å². The molecule has 136 valence electrons.